The van der Waals surface area contributed by atoms with E-state index in [2.05, 4.69) is 17.6 Å². The lowest BCUT2D eigenvalue weighted by Gasteiger charge is -2.21. The van der Waals surface area contributed by atoms with Gasteiger partial charge in [-0.05, 0) is 24.5 Å². The van der Waals surface area contributed by atoms with E-state index >= 15 is 0 Å². The number of hydrogen-bond donors (Lipinski definition) is 2. The zero-order valence-corrected chi connectivity index (χ0v) is 10.0. The Morgan fingerprint density at radius 2 is 1.82 bits per heavy atom. The second-order valence-corrected chi connectivity index (χ2v) is 4.48. The van der Waals surface area contributed by atoms with Gasteiger partial charge in [-0.1, -0.05) is 37.6 Å². The number of amides is 3. The third kappa shape index (κ3) is 2.02. The molecule has 17 heavy (non-hydrogen) atoms. The number of nitrogens with one attached hydrogen (secondary N) is 2. The first-order chi connectivity index (χ1) is 8.06. The molecule has 1 saturated heterocycles. The van der Waals surface area contributed by atoms with Gasteiger partial charge in [0.1, 0.15) is 5.54 Å². The largest absolute Gasteiger partial charge is 0.322 e. The zero-order valence-electron chi connectivity index (χ0n) is 10.0. The molecular formula is C13H16N2O2. The summed E-state index contributed by atoms with van der Waals surface area (Å²) in [5.41, 5.74) is 1.10. The van der Waals surface area contributed by atoms with E-state index < -0.39 is 11.6 Å². The first-order valence-electron chi connectivity index (χ1n) is 5.79. The predicted molar refractivity (Wildman–Crippen MR) is 64.5 cm³/mol. The molecule has 0 radical (unpaired) electrons. The van der Waals surface area contributed by atoms with Crippen LogP contribution in [0.3, 0.4) is 0 Å². The van der Waals surface area contributed by atoms with Crippen LogP contribution in [0.4, 0.5) is 4.79 Å². The highest BCUT2D eigenvalue weighted by Gasteiger charge is 2.43. The van der Waals surface area contributed by atoms with E-state index in [1.165, 1.54) is 5.56 Å². The zero-order chi connectivity index (χ0) is 12.5. The van der Waals surface area contributed by atoms with Crippen molar-refractivity contribution in [3.05, 3.63) is 35.4 Å². The maximum absolute atomic E-state index is 11.7. The van der Waals surface area contributed by atoms with Crippen molar-refractivity contribution in [3.63, 3.8) is 0 Å². The quantitative estimate of drug-likeness (QED) is 0.779. The van der Waals surface area contributed by atoms with Crippen molar-refractivity contribution in [1.82, 2.24) is 10.6 Å². The second-order valence-electron chi connectivity index (χ2n) is 4.48. The molecular weight excluding hydrogens is 216 g/mol. The normalized spacial score (nSPS) is 23.4. The van der Waals surface area contributed by atoms with Crippen molar-refractivity contribution < 1.29 is 9.59 Å². The first kappa shape index (κ1) is 11.6. The van der Waals surface area contributed by atoms with Crippen molar-refractivity contribution in [3.8, 4) is 0 Å². The van der Waals surface area contributed by atoms with Gasteiger partial charge in [-0.15, -0.1) is 0 Å². The summed E-state index contributed by atoms with van der Waals surface area (Å²) in [6.45, 7) is 3.84. The molecule has 2 rings (SSSR count). The first-order valence-corrected chi connectivity index (χ1v) is 5.79. The Hall–Kier alpha value is -1.84. The topological polar surface area (TPSA) is 58.2 Å². The Balaban J connectivity index is 2.28. The summed E-state index contributed by atoms with van der Waals surface area (Å²) in [4.78, 5) is 22.9. The highest BCUT2D eigenvalue weighted by Crippen LogP contribution is 2.24. The summed E-state index contributed by atoms with van der Waals surface area (Å²) >= 11 is 0. The Bertz CT molecular complexity index is 453. The van der Waals surface area contributed by atoms with Gasteiger partial charge in [0.15, 0.2) is 0 Å². The van der Waals surface area contributed by atoms with E-state index in [0.29, 0.717) is 0 Å². The lowest BCUT2D eigenvalue weighted by molar-refractivity contribution is -0.123. The van der Waals surface area contributed by atoms with Crippen molar-refractivity contribution in [2.45, 2.75) is 32.2 Å². The second kappa shape index (κ2) is 4.20. The fourth-order valence-electron chi connectivity index (χ4n) is 2.04. The van der Waals surface area contributed by atoms with Crippen molar-refractivity contribution in [2.75, 3.05) is 0 Å². The van der Waals surface area contributed by atoms with Gasteiger partial charge in [-0.25, -0.2) is 4.79 Å². The van der Waals surface area contributed by atoms with E-state index in [9.17, 15) is 9.59 Å². The standard InChI is InChI=1S/C13H16N2O2/c1-3-4-9-5-7-10(8-6-9)13(2)11(16)14-12(17)15-13/h5-8H,3-4H2,1-2H3,(H2,14,15,16,17)/t13-/m0/s1. The number of carbonyl (C=O) groups excluding carboxylic acids is 2. The number of aryl methyl sites for hydroxylation is 1. The molecule has 0 aromatic heterocycles. The maximum Gasteiger partial charge on any atom is 0.322 e. The van der Waals surface area contributed by atoms with E-state index in [1.54, 1.807) is 6.92 Å². The molecule has 0 saturated carbocycles. The molecule has 1 aromatic carbocycles. The third-order valence-electron chi connectivity index (χ3n) is 3.11. The Morgan fingerprint density at radius 3 is 2.29 bits per heavy atom. The van der Waals surface area contributed by atoms with Gasteiger partial charge in [0.2, 0.25) is 0 Å². The van der Waals surface area contributed by atoms with Crippen LogP contribution in [-0.2, 0) is 16.8 Å². The Morgan fingerprint density at radius 1 is 1.18 bits per heavy atom. The van der Waals surface area contributed by atoms with E-state index in [0.717, 1.165) is 18.4 Å². The average molecular weight is 232 g/mol. The molecule has 1 aromatic rings. The Labute approximate surface area is 100 Å². The maximum atomic E-state index is 11.7. The molecule has 90 valence electrons. The van der Waals surface area contributed by atoms with Gasteiger partial charge >= 0.3 is 6.03 Å². The van der Waals surface area contributed by atoms with Crippen molar-refractivity contribution in [1.29, 1.82) is 0 Å². The fourth-order valence-corrected chi connectivity index (χ4v) is 2.04. The molecule has 3 amide bonds. The third-order valence-corrected chi connectivity index (χ3v) is 3.11. The van der Waals surface area contributed by atoms with Crippen molar-refractivity contribution in [2.24, 2.45) is 0 Å². The van der Waals surface area contributed by atoms with Gasteiger partial charge in [-0.3, -0.25) is 10.1 Å². The average Bonchev–Trinajstić information content (AvgIpc) is 2.55. The molecule has 1 atom stereocenters. The molecule has 0 bridgehead atoms. The lowest BCUT2D eigenvalue weighted by atomic mass is 9.91. The summed E-state index contributed by atoms with van der Waals surface area (Å²) in [6, 6.07) is 7.37. The van der Waals surface area contributed by atoms with Crippen LogP contribution in [0, 0.1) is 0 Å². The SMILES string of the molecule is CCCc1ccc([C@]2(C)NC(=O)NC2=O)cc1. The summed E-state index contributed by atoms with van der Waals surface area (Å²) in [5.74, 6) is -0.300. The van der Waals surface area contributed by atoms with Crippen LogP contribution in [0.2, 0.25) is 0 Å². The smallest absolute Gasteiger partial charge is 0.320 e. The van der Waals surface area contributed by atoms with Crippen LogP contribution in [-0.4, -0.2) is 11.9 Å². The molecule has 1 aliphatic heterocycles. The number of benzene rings is 1. The number of carbonyl (C=O) groups is 2. The molecule has 1 fully saturated rings. The monoisotopic (exact) mass is 232 g/mol. The van der Waals surface area contributed by atoms with E-state index in [-0.39, 0.29) is 5.91 Å². The van der Waals surface area contributed by atoms with Crippen LogP contribution in [0.5, 0.6) is 0 Å². The number of urea groups is 1. The molecule has 0 spiro atoms. The Kier molecular flexibility index (Phi) is 2.88. The minimum atomic E-state index is -0.943. The summed E-state index contributed by atoms with van der Waals surface area (Å²) in [5, 5.41) is 4.90. The van der Waals surface area contributed by atoms with Gasteiger partial charge in [0.25, 0.3) is 5.91 Å². The van der Waals surface area contributed by atoms with Gasteiger partial charge in [0, 0.05) is 0 Å². The van der Waals surface area contributed by atoms with Crippen molar-refractivity contribution >= 4 is 11.9 Å². The molecule has 1 aliphatic rings. The number of hydrogen-bond acceptors (Lipinski definition) is 2. The molecule has 2 N–H and O–H groups in total. The number of rotatable bonds is 3. The molecule has 1 heterocycles. The minimum absolute atomic E-state index is 0.300. The number of imide groups is 1. The lowest BCUT2D eigenvalue weighted by Crippen LogP contribution is -2.40. The van der Waals surface area contributed by atoms with Gasteiger partial charge in [0.05, 0.1) is 0 Å². The van der Waals surface area contributed by atoms with Crippen LogP contribution in [0.15, 0.2) is 24.3 Å². The van der Waals surface area contributed by atoms with Crippen LogP contribution in [0.1, 0.15) is 31.4 Å². The van der Waals surface area contributed by atoms with Crippen LogP contribution in [0.25, 0.3) is 0 Å². The van der Waals surface area contributed by atoms with Crippen LogP contribution >= 0.6 is 0 Å². The molecule has 0 unspecified atom stereocenters. The van der Waals surface area contributed by atoms with E-state index in [4.69, 9.17) is 0 Å². The summed E-state index contributed by atoms with van der Waals surface area (Å²) in [7, 11) is 0. The van der Waals surface area contributed by atoms with Gasteiger partial charge in [-0.2, -0.15) is 0 Å². The van der Waals surface area contributed by atoms with E-state index in [1.807, 2.05) is 24.3 Å². The predicted octanol–water partition coefficient (Wildman–Crippen LogP) is 1.69. The van der Waals surface area contributed by atoms with Crippen LogP contribution < -0.4 is 10.6 Å². The highest BCUT2D eigenvalue weighted by molar-refractivity contribution is 6.07. The fraction of sp³-hybridized carbons (Fsp3) is 0.385. The molecule has 4 heteroatoms. The van der Waals surface area contributed by atoms with Gasteiger partial charge < -0.3 is 5.32 Å². The summed E-state index contributed by atoms with van der Waals surface area (Å²) < 4.78 is 0. The molecule has 4 nitrogen and oxygen atoms in total. The minimum Gasteiger partial charge on any atom is -0.320 e. The molecule has 0 aliphatic carbocycles. The highest BCUT2D eigenvalue weighted by atomic mass is 16.2. The summed E-state index contributed by atoms with van der Waals surface area (Å²) in [6.07, 6.45) is 2.11.